The van der Waals surface area contributed by atoms with E-state index >= 15 is 0 Å². The van der Waals surface area contributed by atoms with Gasteiger partial charge in [-0.25, -0.2) is 0 Å². The maximum absolute atomic E-state index is 6.21. The standard InChI is InChI=1S/C12H37O5Si6/c1-18(14-22(9,10)16-20(3,4)5)13-19(2)15-23(11,12)17-21(6,7)8/h18H,1-12H3. The molecule has 0 heterocycles. The third kappa shape index (κ3) is 14.0. The first-order valence-corrected chi connectivity index (χ1v) is 24.5. The van der Waals surface area contributed by atoms with Crippen molar-refractivity contribution < 1.29 is 20.6 Å². The molecule has 0 spiro atoms. The molecule has 0 amide bonds. The molecule has 0 N–H and O–H groups in total. The normalized spacial score (nSPS) is 16.0. The minimum Gasteiger partial charge on any atom is -0.437 e. The van der Waals surface area contributed by atoms with Crippen LogP contribution in [0.4, 0.5) is 0 Å². The van der Waals surface area contributed by atoms with Gasteiger partial charge in [-0.2, -0.15) is 0 Å². The van der Waals surface area contributed by atoms with Crippen molar-refractivity contribution >= 4 is 52.3 Å². The monoisotopic (exact) mass is 429 g/mol. The fraction of sp³-hybridized carbons (Fsp3) is 1.00. The summed E-state index contributed by atoms with van der Waals surface area (Å²) >= 11 is 0. The quantitative estimate of drug-likeness (QED) is 0.489. The lowest BCUT2D eigenvalue weighted by molar-refractivity contribution is 0.314. The van der Waals surface area contributed by atoms with E-state index in [9.17, 15) is 0 Å². The van der Waals surface area contributed by atoms with Crippen molar-refractivity contribution in [2.75, 3.05) is 0 Å². The van der Waals surface area contributed by atoms with E-state index in [2.05, 4.69) is 72.0 Å². The molecule has 0 aromatic carbocycles. The Morgan fingerprint density at radius 1 is 0.696 bits per heavy atom. The molecule has 0 saturated carbocycles. The number of rotatable bonds is 10. The molecule has 1 atom stereocenters. The minimum absolute atomic E-state index is 1.36. The highest BCUT2D eigenvalue weighted by molar-refractivity contribution is 6.85. The van der Waals surface area contributed by atoms with Crippen LogP contribution in [0.5, 0.6) is 0 Å². The van der Waals surface area contributed by atoms with E-state index < -0.39 is 52.3 Å². The van der Waals surface area contributed by atoms with Crippen molar-refractivity contribution in [1.29, 1.82) is 0 Å². The lowest BCUT2D eigenvalue weighted by Gasteiger charge is -2.35. The first-order chi connectivity index (χ1) is 9.91. The van der Waals surface area contributed by atoms with Gasteiger partial charge < -0.3 is 20.6 Å². The average molecular weight is 430 g/mol. The van der Waals surface area contributed by atoms with Crippen molar-refractivity contribution in [3.05, 3.63) is 0 Å². The minimum atomic E-state index is -2.13. The molecule has 0 bridgehead atoms. The Morgan fingerprint density at radius 2 is 1.09 bits per heavy atom. The molecule has 0 aliphatic rings. The van der Waals surface area contributed by atoms with Gasteiger partial charge in [0, 0.05) is 0 Å². The van der Waals surface area contributed by atoms with E-state index in [1.807, 2.05) is 6.55 Å². The zero-order valence-electron chi connectivity index (χ0n) is 17.1. The first-order valence-electron chi connectivity index (χ1n) is 8.18. The Kier molecular flexibility index (Phi) is 9.07. The first kappa shape index (κ1) is 24.1. The van der Waals surface area contributed by atoms with Gasteiger partial charge in [0.05, 0.1) is 0 Å². The van der Waals surface area contributed by atoms with Gasteiger partial charge in [0.25, 0.3) is 9.28 Å². The van der Waals surface area contributed by atoms with Gasteiger partial charge in [-0.3, -0.25) is 0 Å². The van der Waals surface area contributed by atoms with Crippen molar-refractivity contribution in [2.24, 2.45) is 0 Å². The molecule has 0 aliphatic carbocycles. The Labute approximate surface area is 151 Å². The molecule has 0 fully saturated rings. The summed E-state index contributed by atoms with van der Waals surface area (Å²) in [6.45, 7) is 25.7. The largest absolute Gasteiger partial charge is 0.437 e. The van der Waals surface area contributed by atoms with E-state index in [0.29, 0.717) is 0 Å². The molecule has 1 radical (unpaired) electrons. The summed E-state index contributed by atoms with van der Waals surface area (Å²) in [6.07, 6.45) is 0. The summed E-state index contributed by atoms with van der Waals surface area (Å²) in [7, 11) is -10.6. The third-order valence-corrected chi connectivity index (χ3v) is 20.5. The highest BCUT2D eigenvalue weighted by Gasteiger charge is 2.37. The van der Waals surface area contributed by atoms with E-state index in [4.69, 9.17) is 20.6 Å². The van der Waals surface area contributed by atoms with Crippen LogP contribution in [0.15, 0.2) is 0 Å². The third-order valence-electron chi connectivity index (χ3n) is 2.28. The molecular weight excluding hydrogens is 393 g/mol. The maximum atomic E-state index is 6.21. The van der Waals surface area contributed by atoms with Crippen molar-refractivity contribution in [1.82, 2.24) is 0 Å². The van der Waals surface area contributed by atoms with Crippen LogP contribution in [0.1, 0.15) is 0 Å². The summed E-state index contributed by atoms with van der Waals surface area (Å²) < 4.78 is 30.9. The van der Waals surface area contributed by atoms with E-state index in [0.717, 1.165) is 0 Å². The smallest absolute Gasteiger partial charge is 0.362 e. The maximum Gasteiger partial charge on any atom is 0.362 e. The molecule has 0 aromatic rings. The highest BCUT2D eigenvalue weighted by Crippen LogP contribution is 2.19. The SMILES string of the molecule is C[Si](O[SiH](C)O[Si](C)(C)O[Si](C)(C)C)O[Si](C)(C)O[Si](C)(C)C. The molecule has 0 aromatic heterocycles. The van der Waals surface area contributed by atoms with Crippen molar-refractivity contribution in [3.8, 4) is 0 Å². The van der Waals surface area contributed by atoms with E-state index in [-0.39, 0.29) is 0 Å². The van der Waals surface area contributed by atoms with Gasteiger partial charge in [-0.1, -0.05) is 0 Å². The molecule has 1 unspecified atom stereocenters. The van der Waals surface area contributed by atoms with Gasteiger partial charge >= 0.3 is 26.4 Å². The van der Waals surface area contributed by atoms with Crippen LogP contribution in [0.2, 0.25) is 78.6 Å². The molecular formula is C12H37O5Si6. The zero-order chi connectivity index (χ0) is 18.7. The van der Waals surface area contributed by atoms with Crippen LogP contribution in [0, 0.1) is 0 Å². The Hall–Kier alpha value is 1.10. The molecule has 5 nitrogen and oxygen atoms in total. The lowest BCUT2D eigenvalue weighted by Crippen LogP contribution is -2.51. The van der Waals surface area contributed by atoms with Crippen molar-refractivity contribution in [3.63, 3.8) is 0 Å². The zero-order valence-corrected chi connectivity index (χ0v) is 23.3. The molecule has 23 heavy (non-hydrogen) atoms. The summed E-state index contributed by atoms with van der Waals surface area (Å²) in [6, 6.07) is 0. The summed E-state index contributed by atoms with van der Waals surface area (Å²) in [4.78, 5) is 0. The number of hydrogen-bond donors (Lipinski definition) is 0. The predicted octanol–water partition coefficient (Wildman–Crippen LogP) is 4.11. The van der Waals surface area contributed by atoms with E-state index in [1.54, 1.807) is 0 Å². The van der Waals surface area contributed by atoms with Gasteiger partial charge in [0.2, 0.25) is 0 Å². The second-order valence-corrected chi connectivity index (χ2v) is 29.1. The van der Waals surface area contributed by atoms with Gasteiger partial charge in [0.15, 0.2) is 16.6 Å². The summed E-state index contributed by atoms with van der Waals surface area (Å²) in [5, 5.41) is 0. The van der Waals surface area contributed by atoms with Crippen LogP contribution >= 0.6 is 0 Å². The molecule has 0 saturated heterocycles. The van der Waals surface area contributed by atoms with Crippen molar-refractivity contribution in [2.45, 2.75) is 78.6 Å². The van der Waals surface area contributed by atoms with Crippen LogP contribution < -0.4 is 0 Å². The summed E-state index contributed by atoms with van der Waals surface area (Å²) in [5.41, 5.74) is 0. The lowest BCUT2D eigenvalue weighted by atomic mass is 11.8. The van der Waals surface area contributed by atoms with Crippen LogP contribution in [-0.4, -0.2) is 52.3 Å². The van der Waals surface area contributed by atoms with Crippen LogP contribution in [0.3, 0.4) is 0 Å². The van der Waals surface area contributed by atoms with Gasteiger partial charge in [-0.15, -0.1) is 0 Å². The fourth-order valence-electron chi connectivity index (χ4n) is 2.55. The number of hydrogen-bond acceptors (Lipinski definition) is 5. The molecule has 0 aliphatic heterocycles. The fourth-order valence-corrected chi connectivity index (χ4v) is 24.6. The second kappa shape index (κ2) is 8.66. The second-order valence-electron chi connectivity index (χ2n) is 8.63. The predicted molar refractivity (Wildman–Crippen MR) is 112 cm³/mol. The van der Waals surface area contributed by atoms with Crippen LogP contribution in [-0.2, 0) is 20.6 Å². The van der Waals surface area contributed by atoms with Gasteiger partial charge in [-0.05, 0) is 78.6 Å². The van der Waals surface area contributed by atoms with Gasteiger partial charge in [0.1, 0.15) is 0 Å². The molecule has 11 heteroatoms. The Bertz CT molecular complexity index is 332. The topological polar surface area (TPSA) is 46.2 Å². The molecule has 139 valence electrons. The Morgan fingerprint density at radius 3 is 1.48 bits per heavy atom. The highest BCUT2D eigenvalue weighted by atomic mass is 28.5. The average Bonchev–Trinajstić information content (AvgIpc) is 2.03. The summed E-state index contributed by atoms with van der Waals surface area (Å²) in [5.74, 6) is 0. The van der Waals surface area contributed by atoms with E-state index in [1.165, 1.54) is 0 Å². The Balaban J connectivity index is 4.47. The van der Waals surface area contributed by atoms with Crippen LogP contribution in [0.25, 0.3) is 0 Å². The molecule has 0 rings (SSSR count).